The van der Waals surface area contributed by atoms with E-state index in [1.54, 1.807) is 6.20 Å². The summed E-state index contributed by atoms with van der Waals surface area (Å²) in [5.74, 6) is -0.304. The molecule has 2 aromatic rings. The number of carboxylic acid groups (broad SMARTS) is 1. The van der Waals surface area contributed by atoms with Crippen LogP contribution in [0.5, 0.6) is 5.75 Å². The largest absolute Gasteiger partial charge is 0.488 e. The Balaban J connectivity index is 1.55. The number of aromatic carboxylic acids is 1. The molecule has 0 spiro atoms. The van der Waals surface area contributed by atoms with Gasteiger partial charge in [-0.2, -0.15) is 0 Å². The highest BCUT2D eigenvalue weighted by Crippen LogP contribution is 2.45. The number of carboxylic acids is 1. The van der Waals surface area contributed by atoms with Gasteiger partial charge in [0.25, 0.3) is 0 Å². The number of anilines is 1. The Labute approximate surface area is 151 Å². The predicted octanol–water partition coefficient (Wildman–Crippen LogP) is 3.84. The van der Waals surface area contributed by atoms with Crippen LogP contribution in [0.3, 0.4) is 0 Å². The van der Waals surface area contributed by atoms with Crippen LogP contribution >= 0.6 is 0 Å². The van der Waals surface area contributed by atoms with Gasteiger partial charge >= 0.3 is 5.97 Å². The summed E-state index contributed by atoms with van der Waals surface area (Å²) in [6.07, 6.45) is 5.53. The molecule has 1 aromatic heterocycles. The third kappa shape index (κ3) is 3.49. The number of carbonyl (C=O) groups is 1. The first kappa shape index (κ1) is 16.8. The lowest BCUT2D eigenvalue weighted by molar-refractivity contribution is 0.0691. The molecule has 2 fully saturated rings. The molecule has 1 aliphatic heterocycles. The van der Waals surface area contributed by atoms with E-state index in [0.717, 1.165) is 43.6 Å². The number of ether oxygens (including phenoxy) is 1. The number of hydrogen-bond acceptors (Lipinski definition) is 4. The van der Waals surface area contributed by atoms with Gasteiger partial charge in [0.2, 0.25) is 0 Å². The number of halogens is 1. The van der Waals surface area contributed by atoms with Gasteiger partial charge in [-0.25, -0.2) is 14.2 Å². The van der Waals surface area contributed by atoms with Gasteiger partial charge in [0.15, 0.2) is 0 Å². The number of pyridine rings is 1. The fourth-order valence-corrected chi connectivity index (χ4v) is 3.51. The van der Waals surface area contributed by atoms with Gasteiger partial charge in [0.05, 0.1) is 12.1 Å². The van der Waals surface area contributed by atoms with Gasteiger partial charge in [-0.05, 0) is 55.4 Å². The van der Waals surface area contributed by atoms with Crippen LogP contribution in [0.25, 0.3) is 0 Å². The van der Waals surface area contributed by atoms with Gasteiger partial charge in [-0.3, -0.25) is 0 Å². The van der Waals surface area contributed by atoms with Crippen LogP contribution in [-0.2, 0) is 0 Å². The minimum atomic E-state index is -1.24. The minimum absolute atomic E-state index is 0.0710. The molecule has 136 valence electrons. The summed E-state index contributed by atoms with van der Waals surface area (Å²) in [7, 11) is 0. The van der Waals surface area contributed by atoms with E-state index in [9.17, 15) is 14.3 Å². The quantitative estimate of drug-likeness (QED) is 0.882. The highest BCUT2D eigenvalue weighted by Gasteiger charge is 2.31. The van der Waals surface area contributed by atoms with Crippen molar-refractivity contribution in [2.45, 2.75) is 37.7 Å². The Bertz CT molecular complexity index is 808. The summed E-state index contributed by atoms with van der Waals surface area (Å²) in [6, 6.07) is 8.51. The van der Waals surface area contributed by atoms with Crippen molar-refractivity contribution in [3.05, 3.63) is 53.5 Å². The second kappa shape index (κ2) is 6.94. The van der Waals surface area contributed by atoms with Gasteiger partial charge in [0.1, 0.15) is 23.5 Å². The maximum Gasteiger partial charge on any atom is 0.338 e. The van der Waals surface area contributed by atoms with E-state index < -0.39 is 11.8 Å². The van der Waals surface area contributed by atoms with Crippen molar-refractivity contribution in [2.24, 2.45) is 0 Å². The number of hydrogen-bond donors (Lipinski definition) is 1. The lowest BCUT2D eigenvalue weighted by Crippen LogP contribution is -2.41. The number of nitrogens with zero attached hydrogens (tertiary/aromatic N) is 2. The Hall–Kier alpha value is -2.63. The maximum atomic E-state index is 14.2. The summed E-state index contributed by atoms with van der Waals surface area (Å²) < 4.78 is 20.3. The van der Waals surface area contributed by atoms with Crippen molar-refractivity contribution >= 4 is 11.8 Å². The van der Waals surface area contributed by atoms with E-state index in [0.29, 0.717) is 12.3 Å². The average Bonchev–Trinajstić information content (AvgIpc) is 3.48. The normalized spacial score (nSPS) is 20.0. The van der Waals surface area contributed by atoms with Crippen LogP contribution in [0.1, 0.15) is 47.5 Å². The molecule has 0 unspecified atom stereocenters. The van der Waals surface area contributed by atoms with E-state index >= 15 is 0 Å². The molecule has 6 heteroatoms. The lowest BCUT2D eigenvalue weighted by Gasteiger charge is -2.34. The number of rotatable bonds is 5. The third-order valence-corrected chi connectivity index (χ3v) is 4.99. The van der Waals surface area contributed by atoms with E-state index in [2.05, 4.69) is 9.88 Å². The SMILES string of the molecule is O=C(O)c1cc(C2CC2)c(O[C@@H]2CCCN(c3ccccn3)C2)cc1F. The smallest absolute Gasteiger partial charge is 0.338 e. The van der Waals surface area contributed by atoms with Crippen molar-refractivity contribution in [3.8, 4) is 5.75 Å². The van der Waals surface area contributed by atoms with Crippen molar-refractivity contribution < 1.29 is 19.0 Å². The van der Waals surface area contributed by atoms with Crippen LogP contribution in [0.15, 0.2) is 36.5 Å². The Morgan fingerprint density at radius 3 is 2.81 bits per heavy atom. The molecule has 0 bridgehead atoms. The molecule has 1 aromatic carbocycles. The Kier molecular flexibility index (Phi) is 4.49. The molecule has 1 atom stereocenters. The summed E-state index contributed by atoms with van der Waals surface area (Å²) in [6.45, 7) is 1.60. The lowest BCUT2D eigenvalue weighted by atomic mass is 10.0. The predicted molar refractivity (Wildman–Crippen MR) is 95.4 cm³/mol. The molecule has 1 aliphatic carbocycles. The van der Waals surface area contributed by atoms with E-state index in [-0.39, 0.29) is 17.6 Å². The van der Waals surface area contributed by atoms with Gasteiger partial charge in [-0.1, -0.05) is 6.07 Å². The topological polar surface area (TPSA) is 62.7 Å². The van der Waals surface area contributed by atoms with Gasteiger partial charge < -0.3 is 14.7 Å². The molecule has 1 saturated carbocycles. The second-order valence-corrected chi connectivity index (χ2v) is 6.97. The molecule has 0 amide bonds. The molecular formula is C20H21FN2O3. The molecular weight excluding hydrogens is 335 g/mol. The van der Waals surface area contributed by atoms with E-state index in [1.807, 2.05) is 18.2 Å². The van der Waals surface area contributed by atoms with E-state index in [4.69, 9.17) is 4.74 Å². The van der Waals surface area contributed by atoms with Crippen LogP contribution in [0.4, 0.5) is 10.2 Å². The van der Waals surface area contributed by atoms with Gasteiger partial charge in [0, 0.05) is 18.8 Å². The van der Waals surface area contributed by atoms with Gasteiger partial charge in [-0.15, -0.1) is 0 Å². The molecule has 2 heterocycles. The summed E-state index contributed by atoms with van der Waals surface area (Å²) in [5, 5.41) is 9.17. The van der Waals surface area contributed by atoms with Crippen LogP contribution in [0, 0.1) is 5.82 Å². The minimum Gasteiger partial charge on any atom is -0.488 e. The molecule has 2 aliphatic rings. The number of benzene rings is 1. The average molecular weight is 356 g/mol. The van der Waals surface area contributed by atoms with Crippen LogP contribution in [-0.4, -0.2) is 35.3 Å². The fraction of sp³-hybridized carbons (Fsp3) is 0.400. The molecule has 0 radical (unpaired) electrons. The Morgan fingerprint density at radius 1 is 1.27 bits per heavy atom. The molecule has 26 heavy (non-hydrogen) atoms. The molecule has 1 N–H and O–H groups in total. The summed E-state index contributed by atoms with van der Waals surface area (Å²) >= 11 is 0. The highest BCUT2D eigenvalue weighted by atomic mass is 19.1. The molecule has 5 nitrogen and oxygen atoms in total. The Morgan fingerprint density at radius 2 is 2.12 bits per heavy atom. The van der Waals surface area contributed by atoms with Crippen molar-refractivity contribution in [2.75, 3.05) is 18.0 Å². The second-order valence-electron chi connectivity index (χ2n) is 6.97. The first-order chi connectivity index (χ1) is 12.6. The zero-order valence-electron chi connectivity index (χ0n) is 14.4. The first-order valence-corrected chi connectivity index (χ1v) is 9.01. The highest BCUT2D eigenvalue weighted by molar-refractivity contribution is 5.88. The standard InChI is InChI=1S/C20H21FN2O3/c21-17-11-18(15(13-6-7-13)10-16(17)20(24)25)26-14-4-3-9-23(12-14)19-5-1-2-8-22-19/h1-2,5,8,10-11,13-14H,3-4,6-7,9,12H2,(H,24,25)/t14-/m1/s1. The summed E-state index contributed by atoms with van der Waals surface area (Å²) in [4.78, 5) is 17.8. The number of piperidine rings is 1. The molecule has 4 rings (SSSR count). The van der Waals surface area contributed by atoms with Crippen LogP contribution in [0.2, 0.25) is 0 Å². The van der Waals surface area contributed by atoms with Crippen molar-refractivity contribution in [3.63, 3.8) is 0 Å². The number of aromatic nitrogens is 1. The van der Waals surface area contributed by atoms with Crippen molar-refractivity contribution in [1.29, 1.82) is 0 Å². The third-order valence-electron chi connectivity index (χ3n) is 4.99. The summed E-state index contributed by atoms with van der Waals surface area (Å²) in [5.41, 5.74) is 0.539. The first-order valence-electron chi connectivity index (χ1n) is 9.01. The molecule has 1 saturated heterocycles. The maximum absolute atomic E-state index is 14.2. The zero-order chi connectivity index (χ0) is 18.1. The van der Waals surface area contributed by atoms with Crippen LogP contribution < -0.4 is 9.64 Å². The zero-order valence-corrected chi connectivity index (χ0v) is 14.4. The fourth-order valence-electron chi connectivity index (χ4n) is 3.51. The monoisotopic (exact) mass is 356 g/mol. The van der Waals surface area contributed by atoms with Crippen molar-refractivity contribution in [1.82, 2.24) is 4.98 Å². The van der Waals surface area contributed by atoms with E-state index in [1.165, 1.54) is 12.1 Å².